The van der Waals surface area contributed by atoms with Gasteiger partial charge in [0.2, 0.25) is 0 Å². The molecule has 0 aliphatic heterocycles. The molecule has 17 heavy (non-hydrogen) atoms. The highest BCUT2D eigenvalue weighted by Gasteiger charge is 2.08. The van der Waals surface area contributed by atoms with Gasteiger partial charge in [0.1, 0.15) is 17.6 Å². The second-order valence-corrected chi connectivity index (χ2v) is 3.47. The van der Waals surface area contributed by atoms with Crippen LogP contribution in [0.2, 0.25) is 0 Å². The molecule has 0 atom stereocenters. The highest BCUT2D eigenvalue weighted by atomic mass is 19.1. The highest BCUT2D eigenvalue weighted by Crippen LogP contribution is 2.27. The minimum Gasteiger partial charge on any atom is -0.468 e. The third-order valence-electron chi connectivity index (χ3n) is 2.36. The van der Waals surface area contributed by atoms with Gasteiger partial charge >= 0.3 is 0 Å². The van der Waals surface area contributed by atoms with Crippen LogP contribution in [0, 0.1) is 17.1 Å². The van der Waals surface area contributed by atoms with Crippen LogP contribution in [-0.4, -0.2) is 13.9 Å². The molecule has 0 aromatic heterocycles. The van der Waals surface area contributed by atoms with E-state index in [-0.39, 0.29) is 12.4 Å². The van der Waals surface area contributed by atoms with E-state index in [2.05, 4.69) is 0 Å². The SMILES string of the molecule is COCOc1cc(C#N)c2c(F)cccc2c1. The monoisotopic (exact) mass is 231 g/mol. The molecule has 86 valence electrons. The van der Waals surface area contributed by atoms with Gasteiger partial charge in [-0.25, -0.2) is 4.39 Å². The third kappa shape index (κ3) is 2.19. The molecular formula is C13H10FNO2. The van der Waals surface area contributed by atoms with Crippen LogP contribution in [0.5, 0.6) is 5.75 Å². The van der Waals surface area contributed by atoms with E-state index in [1.165, 1.54) is 19.2 Å². The molecule has 0 amide bonds. The zero-order valence-electron chi connectivity index (χ0n) is 9.24. The molecule has 0 aliphatic carbocycles. The van der Waals surface area contributed by atoms with Gasteiger partial charge in [-0.1, -0.05) is 12.1 Å². The Bertz CT molecular complexity index is 590. The minimum absolute atomic E-state index is 0.0890. The number of methoxy groups -OCH3 is 1. The topological polar surface area (TPSA) is 42.2 Å². The summed E-state index contributed by atoms with van der Waals surface area (Å²) >= 11 is 0. The average molecular weight is 231 g/mol. The lowest BCUT2D eigenvalue weighted by molar-refractivity contribution is 0.0512. The number of hydrogen-bond acceptors (Lipinski definition) is 3. The van der Waals surface area contributed by atoms with Crippen molar-refractivity contribution in [2.45, 2.75) is 0 Å². The fourth-order valence-corrected chi connectivity index (χ4v) is 1.65. The van der Waals surface area contributed by atoms with E-state index in [0.29, 0.717) is 16.5 Å². The molecule has 0 spiro atoms. The first kappa shape index (κ1) is 11.4. The maximum Gasteiger partial charge on any atom is 0.188 e. The first-order valence-electron chi connectivity index (χ1n) is 5.00. The number of fused-ring (bicyclic) bond motifs is 1. The second-order valence-electron chi connectivity index (χ2n) is 3.47. The van der Waals surface area contributed by atoms with Gasteiger partial charge in [-0.05, 0) is 23.6 Å². The Morgan fingerprint density at radius 3 is 2.88 bits per heavy atom. The molecule has 4 heteroatoms. The van der Waals surface area contributed by atoms with E-state index < -0.39 is 5.82 Å². The predicted molar refractivity (Wildman–Crippen MR) is 61.1 cm³/mol. The molecule has 0 N–H and O–H groups in total. The standard InChI is InChI=1S/C13H10FNO2/c1-16-8-17-11-5-9-3-2-4-12(14)13(9)10(6-11)7-15/h2-6H,8H2,1H3. The number of halogens is 1. The van der Waals surface area contributed by atoms with Crippen molar-refractivity contribution < 1.29 is 13.9 Å². The van der Waals surface area contributed by atoms with Crippen molar-refractivity contribution in [1.29, 1.82) is 5.26 Å². The molecule has 2 aromatic rings. The zero-order chi connectivity index (χ0) is 12.3. The summed E-state index contributed by atoms with van der Waals surface area (Å²) in [5.74, 6) is 0.0823. The second kappa shape index (κ2) is 4.81. The van der Waals surface area contributed by atoms with Crippen molar-refractivity contribution in [2.75, 3.05) is 13.9 Å². The first-order chi connectivity index (χ1) is 8.26. The number of benzene rings is 2. The molecule has 0 bridgehead atoms. The van der Waals surface area contributed by atoms with Gasteiger partial charge in [0.15, 0.2) is 6.79 Å². The van der Waals surface area contributed by atoms with Gasteiger partial charge in [0.25, 0.3) is 0 Å². The Morgan fingerprint density at radius 2 is 2.18 bits per heavy atom. The largest absolute Gasteiger partial charge is 0.468 e. The van der Waals surface area contributed by atoms with Crippen molar-refractivity contribution in [3.05, 3.63) is 41.7 Å². The summed E-state index contributed by atoms with van der Waals surface area (Å²) in [5.41, 5.74) is 0.256. The summed E-state index contributed by atoms with van der Waals surface area (Å²) in [6.45, 7) is 0.0890. The number of hydrogen-bond donors (Lipinski definition) is 0. The van der Waals surface area contributed by atoms with E-state index in [0.717, 1.165) is 0 Å². The van der Waals surface area contributed by atoms with Gasteiger partial charge in [-0.3, -0.25) is 0 Å². The summed E-state index contributed by atoms with van der Waals surface area (Å²) in [6, 6.07) is 9.81. The summed E-state index contributed by atoms with van der Waals surface area (Å²) in [4.78, 5) is 0. The quantitative estimate of drug-likeness (QED) is 0.763. The zero-order valence-corrected chi connectivity index (χ0v) is 9.24. The van der Waals surface area contributed by atoms with Crippen LogP contribution in [-0.2, 0) is 4.74 Å². The Balaban J connectivity index is 2.59. The molecule has 0 radical (unpaired) electrons. The van der Waals surface area contributed by atoms with Crippen LogP contribution < -0.4 is 4.74 Å². The number of rotatable bonds is 3. The fourth-order valence-electron chi connectivity index (χ4n) is 1.65. The molecule has 0 unspecified atom stereocenters. The van der Waals surface area contributed by atoms with E-state index in [1.807, 2.05) is 6.07 Å². The van der Waals surface area contributed by atoms with Crippen LogP contribution in [0.15, 0.2) is 30.3 Å². The van der Waals surface area contributed by atoms with Gasteiger partial charge in [0.05, 0.1) is 5.56 Å². The van der Waals surface area contributed by atoms with Crippen molar-refractivity contribution in [2.24, 2.45) is 0 Å². The van der Waals surface area contributed by atoms with Crippen LogP contribution in [0.4, 0.5) is 4.39 Å². The lowest BCUT2D eigenvalue weighted by atomic mass is 10.0. The van der Waals surface area contributed by atoms with Crippen LogP contribution in [0.3, 0.4) is 0 Å². The smallest absolute Gasteiger partial charge is 0.188 e. The maximum atomic E-state index is 13.6. The number of nitriles is 1. The fraction of sp³-hybridized carbons (Fsp3) is 0.154. The number of nitrogens with zero attached hydrogens (tertiary/aromatic N) is 1. The lowest BCUT2D eigenvalue weighted by Crippen LogP contribution is -1.99. The molecule has 0 aliphatic rings. The van der Waals surface area contributed by atoms with E-state index in [1.54, 1.807) is 18.2 Å². The summed E-state index contributed by atoms with van der Waals surface area (Å²) in [7, 11) is 1.51. The molecule has 2 rings (SSSR count). The summed E-state index contributed by atoms with van der Waals surface area (Å²) in [6.07, 6.45) is 0. The van der Waals surface area contributed by atoms with Crippen LogP contribution >= 0.6 is 0 Å². The van der Waals surface area contributed by atoms with E-state index in [4.69, 9.17) is 14.7 Å². The van der Waals surface area contributed by atoms with Gasteiger partial charge < -0.3 is 9.47 Å². The maximum absolute atomic E-state index is 13.6. The predicted octanol–water partition coefficient (Wildman–Crippen LogP) is 2.83. The molecule has 3 nitrogen and oxygen atoms in total. The molecule has 0 heterocycles. The van der Waals surface area contributed by atoms with Crippen molar-refractivity contribution in [3.63, 3.8) is 0 Å². The Kier molecular flexibility index (Phi) is 3.22. The van der Waals surface area contributed by atoms with E-state index in [9.17, 15) is 4.39 Å². The van der Waals surface area contributed by atoms with Crippen molar-refractivity contribution in [1.82, 2.24) is 0 Å². The van der Waals surface area contributed by atoms with Crippen molar-refractivity contribution in [3.8, 4) is 11.8 Å². The Hall–Kier alpha value is -2.12. The normalized spacial score (nSPS) is 10.2. The lowest BCUT2D eigenvalue weighted by Gasteiger charge is -2.08. The first-order valence-corrected chi connectivity index (χ1v) is 5.00. The van der Waals surface area contributed by atoms with Gasteiger partial charge in [-0.15, -0.1) is 0 Å². The molecule has 0 saturated heterocycles. The van der Waals surface area contributed by atoms with E-state index >= 15 is 0 Å². The molecule has 2 aromatic carbocycles. The summed E-state index contributed by atoms with van der Waals surface area (Å²) in [5, 5.41) is 9.96. The van der Waals surface area contributed by atoms with Gasteiger partial charge in [-0.2, -0.15) is 5.26 Å². The van der Waals surface area contributed by atoms with Gasteiger partial charge in [0, 0.05) is 12.5 Å². The van der Waals surface area contributed by atoms with Crippen molar-refractivity contribution >= 4 is 10.8 Å². The Labute approximate surface area is 98.0 Å². The van der Waals surface area contributed by atoms with Crippen LogP contribution in [0.25, 0.3) is 10.8 Å². The molecular weight excluding hydrogens is 221 g/mol. The number of ether oxygens (including phenoxy) is 2. The molecule has 0 fully saturated rings. The Morgan fingerprint density at radius 1 is 1.35 bits per heavy atom. The highest BCUT2D eigenvalue weighted by molar-refractivity contribution is 5.89. The molecule has 0 saturated carbocycles. The average Bonchev–Trinajstić information content (AvgIpc) is 2.35. The third-order valence-corrected chi connectivity index (χ3v) is 2.36. The minimum atomic E-state index is -0.405. The van der Waals surface area contributed by atoms with Crippen LogP contribution in [0.1, 0.15) is 5.56 Å². The summed E-state index contributed by atoms with van der Waals surface area (Å²) < 4.78 is 23.6.